The van der Waals surface area contributed by atoms with E-state index < -0.39 is 15.9 Å². The summed E-state index contributed by atoms with van der Waals surface area (Å²) in [5, 5.41) is 2.68. The molecular weight excluding hydrogens is 771 g/mol. The summed E-state index contributed by atoms with van der Waals surface area (Å²) in [7, 11) is -2.41. The van der Waals surface area contributed by atoms with Crippen LogP contribution in [0.25, 0.3) is 5.57 Å². The van der Waals surface area contributed by atoms with E-state index in [0.717, 1.165) is 15.4 Å². The van der Waals surface area contributed by atoms with Crippen LogP contribution in [0.5, 0.6) is 0 Å². The van der Waals surface area contributed by atoms with E-state index in [9.17, 15) is 13.2 Å². The number of sulfonamides is 1. The van der Waals surface area contributed by atoms with E-state index >= 15 is 0 Å². The molecule has 0 aromatic heterocycles. The van der Waals surface area contributed by atoms with Gasteiger partial charge in [-0.3, -0.25) is 9.10 Å². The molecule has 0 atom stereocenters. The zero-order chi connectivity index (χ0) is 17.6. The van der Waals surface area contributed by atoms with Crippen molar-refractivity contribution < 1.29 is 177 Å². The van der Waals surface area contributed by atoms with Gasteiger partial charge >= 0.3 is 0 Å². The van der Waals surface area contributed by atoms with Crippen molar-refractivity contribution in [3.63, 3.8) is 0 Å². The molecule has 0 unspecified atom stereocenters. The Morgan fingerprint density at radius 2 is 1.69 bits per heavy atom. The number of allylic oxidation sites excluding steroid dienone is 2. The third-order valence-electron chi connectivity index (χ3n) is 4.12. The van der Waals surface area contributed by atoms with Gasteiger partial charge in [-0.25, -0.2) is 8.42 Å². The van der Waals surface area contributed by atoms with Crippen LogP contribution in [0.2, 0.25) is 0 Å². The van der Waals surface area contributed by atoms with Crippen LogP contribution in [-0.4, -0.2) is 31.9 Å². The Morgan fingerprint density at radius 3 is 2.21 bits per heavy atom. The molecule has 3 rings (SSSR count). The Labute approximate surface area is 298 Å². The molecule has 5 radical (unpaired) electrons. The number of hydrogen-bond acceptors (Lipinski definition) is 4. The van der Waals surface area contributed by atoms with Gasteiger partial charge < -0.3 is 10.3 Å². The van der Waals surface area contributed by atoms with Crippen LogP contribution in [0.3, 0.4) is 0 Å². The van der Waals surface area contributed by atoms with Gasteiger partial charge in [-0.1, -0.05) is 32.8 Å². The minimum atomic E-state index is -3.79. The second-order valence-corrected chi connectivity index (χ2v) is 7.79. The van der Waals surface area contributed by atoms with Crippen LogP contribution in [0.1, 0.15) is 31.4 Å². The maximum absolute atomic E-state index is 12.7. The number of carbonyl (C=O) groups excluding carboxylic acids is 1. The van der Waals surface area contributed by atoms with Gasteiger partial charge in [0, 0.05) is 175 Å². The van der Waals surface area contributed by atoms with Crippen LogP contribution in [-0.2, 0) is 178 Å². The summed E-state index contributed by atoms with van der Waals surface area (Å²) in [6, 6.07) is 6.29. The van der Waals surface area contributed by atoms with Gasteiger partial charge in [0.25, 0.3) is 0 Å². The SMILES string of the molecule is CC1=C(NC(=O)C2=C(C)c3[c-]c(C)ccc3S(=O)(=O)N2C)N=[C-]C1.[Y].[Y].[Y].[Y].[Y]. The molecule has 2 aliphatic rings. The van der Waals surface area contributed by atoms with Crippen molar-refractivity contribution in [3.05, 3.63) is 46.4 Å². The molecule has 2 heterocycles. The van der Waals surface area contributed by atoms with Crippen molar-refractivity contribution in [2.45, 2.75) is 32.1 Å². The van der Waals surface area contributed by atoms with E-state index in [1.165, 1.54) is 7.05 Å². The molecule has 6 nitrogen and oxygen atoms in total. The smallest absolute Gasteiger partial charge is 0.248 e. The van der Waals surface area contributed by atoms with Crippen molar-refractivity contribution in [1.82, 2.24) is 9.62 Å². The van der Waals surface area contributed by atoms with Gasteiger partial charge in [0.1, 0.15) is 0 Å². The number of benzene rings is 1. The second kappa shape index (κ2) is 15.2. The Bertz CT molecular complexity index is 959. The van der Waals surface area contributed by atoms with E-state index in [0.29, 0.717) is 23.4 Å². The number of fused-ring (bicyclic) bond motifs is 1. The summed E-state index contributed by atoms with van der Waals surface area (Å²) in [5.74, 6) is -0.0916. The normalized spacial score (nSPS) is 15.7. The molecule has 0 bridgehead atoms. The van der Waals surface area contributed by atoms with E-state index in [-0.39, 0.29) is 174 Å². The first-order chi connectivity index (χ1) is 11.2. The summed E-state index contributed by atoms with van der Waals surface area (Å²) in [6.07, 6.45) is 3.33. The summed E-state index contributed by atoms with van der Waals surface area (Å²) < 4.78 is 26.5. The Balaban J connectivity index is -0.00000135. The molecule has 0 fully saturated rings. The van der Waals surface area contributed by atoms with Gasteiger partial charge in [0.05, 0.1) is 5.70 Å². The minimum absolute atomic E-state index is 0. The predicted octanol–water partition coefficient (Wildman–Crippen LogP) is 1.85. The number of nitrogens with zero attached hydrogens (tertiary/aromatic N) is 2. The number of aliphatic imine (C=N–C) groups is 1. The van der Waals surface area contributed by atoms with Crippen molar-refractivity contribution >= 4 is 27.7 Å². The molecule has 1 aromatic rings. The first kappa shape index (κ1) is 36.7. The Morgan fingerprint density at radius 1 is 1.10 bits per heavy atom. The summed E-state index contributed by atoms with van der Waals surface area (Å²) in [5.41, 5.74) is 2.76. The quantitative estimate of drug-likeness (QED) is 0.466. The molecule has 12 heteroatoms. The topological polar surface area (TPSA) is 78.8 Å². The monoisotopic (exact) mass is 788 g/mol. The standard InChI is InChI=1S/C17H17N3O3S.5Y/c1-10-5-6-14-13(9-10)12(3)15(20(4)24(14,22)23)17(21)19-16-11(2)7-8-18-16;;;;;/h5-6H,7H2,1-4H3,(H,19,21);;;;;/q-2;;;;;. The van der Waals surface area contributed by atoms with Crippen molar-refractivity contribution in [2.75, 3.05) is 7.05 Å². The van der Waals surface area contributed by atoms with Crippen LogP contribution in [0.15, 0.2) is 39.1 Å². The number of rotatable bonds is 2. The van der Waals surface area contributed by atoms with Gasteiger partial charge in [0.2, 0.25) is 15.9 Å². The van der Waals surface area contributed by atoms with Crippen LogP contribution in [0.4, 0.5) is 0 Å². The second-order valence-electron chi connectivity index (χ2n) is 5.86. The molecule has 1 aromatic carbocycles. The van der Waals surface area contributed by atoms with Crippen LogP contribution >= 0.6 is 0 Å². The number of likely N-dealkylation sites (N-methyl/N-ethyl adjacent to an activating group) is 1. The van der Waals surface area contributed by atoms with E-state index in [1.807, 2.05) is 13.8 Å². The molecule has 2 aliphatic heterocycles. The first-order valence-electron chi connectivity index (χ1n) is 7.41. The molecule has 1 amide bonds. The number of nitrogens with one attached hydrogen (secondary N) is 1. The fourth-order valence-corrected chi connectivity index (χ4v) is 4.19. The van der Waals surface area contributed by atoms with Crippen molar-refractivity contribution in [2.24, 2.45) is 4.99 Å². The maximum Gasteiger partial charge on any atom is 0.248 e. The molecule has 1 N–H and O–H groups in total. The van der Waals surface area contributed by atoms with Gasteiger partial charge in [0.15, 0.2) is 0 Å². The average molecular weight is 788 g/mol. The van der Waals surface area contributed by atoms with E-state index in [2.05, 4.69) is 22.6 Å². The number of carbonyl (C=O) groups is 1. The van der Waals surface area contributed by atoms with Crippen LogP contribution in [0, 0.1) is 13.0 Å². The fourth-order valence-electron chi connectivity index (χ4n) is 2.73. The Kier molecular flexibility index (Phi) is 19.2. The third kappa shape index (κ3) is 7.81. The zero-order valence-corrected chi connectivity index (χ0v) is 31.8. The van der Waals surface area contributed by atoms with E-state index in [1.54, 1.807) is 19.1 Å². The molecule has 29 heavy (non-hydrogen) atoms. The predicted molar refractivity (Wildman–Crippen MR) is 90.5 cm³/mol. The number of hydrogen-bond donors (Lipinski definition) is 1. The van der Waals surface area contributed by atoms with Gasteiger partial charge in [-0.2, -0.15) is 6.21 Å². The minimum Gasteiger partial charge on any atom is -0.441 e. The Hall–Kier alpha value is 3.11. The number of aryl methyl sites for hydroxylation is 1. The summed E-state index contributed by atoms with van der Waals surface area (Å²) in [4.78, 5) is 16.8. The van der Waals surface area contributed by atoms with E-state index in [4.69, 9.17) is 0 Å². The summed E-state index contributed by atoms with van der Waals surface area (Å²) in [6.45, 7) is 5.39. The molecule has 0 aliphatic carbocycles. The average Bonchev–Trinajstić information content (AvgIpc) is 2.90. The molecular formula is C17H17N3O3SY5-2. The van der Waals surface area contributed by atoms with Crippen molar-refractivity contribution in [3.8, 4) is 0 Å². The largest absolute Gasteiger partial charge is 0.441 e. The third-order valence-corrected chi connectivity index (χ3v) is 5.92. The number of amides is 1. The molecule has 0 saturated carbocycles. The maximum atomic E-state index is 12.7. The van der Waals surface area contributed by atoms with Gasteiger partial charge in [-0.05, 0) is 5.82 Å². The van der Waals surface area contributed by atoms with Gasteiger partial charge in [-0.15, -0.1) is 34.9 Å². The summed E-state index contributed by atoms with van der Waals surface area (Å²) >= 11 is 0. The van der Waals surface area contributed by atoms with Crippen molar-refractivity contribution in [1.29, 1.82) is 0 Å². The van der Waals surface area contributed by atoms with Crippen LogP contribution < -0.4 is 5.32 Å². The fraction of sp³-hybridized carbons (Fsp3) is 0.294. The molecule has 0 saturated heterocycles. The molecule has 0 spiro atoms. The first-order valence-corrected chi connectivity index (χ1v) is 8.85. The zero-order valence-electron chi connectivity index (χ0n) is 16.8. The molecule has 141 valence electrons.